The van der Waals surface area contributed by atoms with Crippen LogP contribution in [0.3, 0.4) is 0 Å². The summed E-state index contributed by atoms with van der Waals surface area (Å²) in [6, 6.07) is 3.18. The van der Waals surface area contributed by atoms with Gasteiger partial charge in [-0.3, -0.25) is 4.90 Å². The van der Waals surface area contributed by atoms with Crippen LogP contribution in [0.5, 0.6) is 0 Å². The Labute approximate surface area is 101 Å². The molecule has 1 aromatic heterocycles. The number of nitrogens with one attached hydrogen (secondary N) is 1. The van der Waals surface area contributed by atoms with E-state index in [1.807, 2.05) is 0 Å². The van der Waals surface area contributed by atoms with Crippen molar-refractivity contribution in [2.45, 2.75) is 0 Å². The van der Waals surface area contributed by atoms with E-state index in [4.69, 9.17) is 28.3 Å². The summed E-state index contributed by atoms with van der Waals surface area (Å²) >= 11 is 11.7. The minimum absolute atomic E-state index is 0.223. The van der Waals surface area contributed by atoms with E-state index in [-0.39, 0.29) is 5.95 Å². The molecule has 0 atom stereocenters. The van der Waals surface area contributed by atoms with Crippen LogP contribution >= 0.6 is 23.2 Å². The van der Waals surface area contributed by atoms with Gasteiger partial charge in [-0.15, -0.1) is 0 Å². The van der Waals surface area contributed by atoms with Crippen LogP contribution < -0.4 is 4.90 Å². The Balaban J connectivity index is 2.56. The van der Waals surface area contributed by atoms with Gasteiger partial charge >= 0.3 is 6.09 Å². The summed E-state index contributed by atoms with van der Waals surface area (Å²) < 4.78 is 0. The molecule has 0 aliphatic heterocycles. The van der Waals surface area contributed by atoms with Gasteiger partial charge in [-0.2, -0.15) is 0 Å². The first-order chi connectivity index (χ1) is 7.49. The van der Waals surface area contributed by atoms with Gasteiger partial charge in [0.1, 0.15) is 0 Å². The fourth-order valence-corrected chi connectivity index (χ4v) is 1.56. The number of nitrogens with zero attached hydrogens (tertiary/aromatic N) is 2. The minimum atomic E-state index is -1.10. The number of halogens is 2. The molecule has 0 unspecified atom stereocenters. The molecular weight excluding hydrogens is 253 g/mol. The van der Waals surface area contributed by atoms with Crippen molar-refractivity contribution in [1.82, 2.24) is 9.97 Å². The Morgan fingerprint density at radius 1 is 1.44 bits per heavy atom. The Hall–Kier alpha value is -1.46. The number of rotatable bonds is 1. The highest BCUT2D eigenvalue weighted by molar-refractivity contribution is 6.42. The fraction of sp³-hybridized carbons (Fsp3) is 0.111. The van der Waals surface area contributed by atoms with Crippen LogP contribution in [-0.4, -0.2) is 28.2 Å². The molecule has 0 spiro atoms. The van der Waals surface area contributed by atoms with E-state index < -0.39 is 6.09 Å². The van der Waals surface area contributed by atoms with Crippen LogP contribution in [0.4, 0.5) is 10.7 Å². The van der Waals surface area contributed by atoms with Gasteiger partial charge in [-0.05, 0) is 12.1 Å². The van der Waals surface area contributed by atoms with E-state index in [1.54, 1.807) is 12.1 Å². The zero-order valence-electron chi connectivity index (χ0n) is 8.16. The van der Waals surface area contributed by atoms with Crippen molar-refractivity contribution in [3.8, 4) is 0 Å². The summed E-state index contributed by atoms with van der Waals surface area (Å²) in [7, 11) is 1.39. The number of carboxylic acid groups (broad SMARTS) is 1. The second-order valence-corrected chi connectivity index (χ2v) is 4.00. The topological polar surface area (TPSA) is 69.2 Å². The number of H-pyrrole nitrogens is 1. The fourth-order valence-electron chi connectivity index (χ4n) is 1.24. The van der Waals surface area contributed by atoms with Crippen LogP contribution in [0, 0.1) is 0 Å². The predicted molar refractivity (Wildman–Crippen MR) is 62.5 cm³/mol. The minimum Gasteiger partial charge on any atom is -0.465 e. The van der Waals surface area contributed by atoms with Crippen molar-refractivity contribution in [1.29, 1.82) is 0 Å². The van der Waals surface area contributed by atoms with Crippen LogP contribution in [0.25, 0.3) is 11.0 Å². The summed E-state index contributed by atoms with van der Waals surface area (Å²) in [6.45, 7) is 0. The summed E-state index contributed by atoms with van der Waals surface area (Å²) in [6.07, 6.45) is -1.10. The molecule has 2 rings (SSSR count). The number of anilines is 1. The van der Waals surface area contributed by atoms with Gasteiger partial charge < -0.3 is 10.1 Å². The number of hydrogen-bond donors (Lipinski definition) is 2. The van der Waals surface area contributed by atoms with E-state index in [2.05, 4.69) is 9.97 Å². The summed E-state index contributed by atoms with van der Waals surface area (Å²) in [5.74, 6) is 0.223. The van der Waals surface area contributed by atoms with Crippen molar-refractivity contribution in [2.75, 3.05) is 11.9 Å². The SMILES string of the molecule is CN(C(=O)O)c1nc2cc(Cl)c(Cl)cc2[nH]1. The third-order valence-electron chi connectivity index (χ3n) is 2.12. The van der Waals surface area contributed by atoms with Gasteiger partial charge in [-0.25, -0.2) is 9.78 Å². The van der Waals surface area contributed by atoms with Crippen molar-refractivity contribution in [3.05, 3.63) is 22.2 Å². The number of benzene rings is 1. The molecule has 5 nitrogen and oxygen atoms in total. The number of amides is 1. The molecule has 0 fully saturated rings. The highest BCUT2D eigenvalue weighted by Gasteiger charge is 2.13. The molecule has 0 aliphatic rings. The molecule has 0 saturated heterocycles. The highest BCUT2D eigenvalue weighted by Crippen LogP contribution is 2.27. The third-order valence-corrected chi connectivity index (χ3v) is 2.84. The molecule has 1 amide bonds. The van der Waals surface area contributed by atoms with Gasteiger partial charge in [0, 0.05) is 7.05 Å². The van der Waals surface area contributed by atoms with E-state index >= 15 is 0 Å². The Bertz CT molecular complexity index is 528. The molecular formula is C9H7Cl2N3O2. The largest absolute Gasteiger partial charge is 0.465 e. The number of aromatic nitrogens is 2. The van der Waals surface area contributed by atoms with Crippen molar-refractivity contribution < 1.29 is 9.90 Å². The van der Waals surface area contributed by atoms with Gasteiger partial charge in [-0.1, -0.05) is 23.2 Å². The van der Waals surface area contributed by atoms with Crippen LogP contribution in [0.1, 0.15) is 0 Å². The molecule has 16 heavy (non-hydrogen) atoms. The lowest BCUT2D eigenvalue weighted by molar-refractivity contribution is 0.203. The number of aromatic amines is 1. The smallest absolute Gasteiger partial charge is 0.413 e. The van der Waals surface area contributed by atoms with E-state index in [1.165, 1.54) is 7.05 Å². The molecule has 2 N–H and O–H groups in total. The molecule has 1 heterocycles. The molecule has 0 aliphatic carbocycles. The molecule has 7 heteroatoms. The van der Waals surface area contributed by atoms with Crippen molar-refractivity contribution >= 4 is 46.3 Å². The second kappa shape index (κ2) is 3.84. The summed E-state index contributed by atoms with van der Waals surface area (Å²) in [5, 5.41) is 9.55. The quantitative estimate of drug-likeness (QED) is 0.828. The van der Waals surface area contributed by atoms with E-state index in [9.17, 15) is 4.79 Å². The maximum atomic E-state index is 10.7. The van der Waals surface area contributed by atoms with Crippen molar-refractivity contribution in [3.63, 3.8) is 0 Å². The first-order valence-electron chi connectivity index (χ1n) is 4.30. The Morgan fingerprint density at radius 3 is 2.69 bits per heavy atom. The predicted octanol–water partition coefficient (Wildman–Crippen LogP) is 2.98. The lowest BCUT2D eigenvalue weighted by Gasteiger charge is -2.07. The molecule has 84 valence electrons. The first-order valence-corrected chi connectivity index (χ1v) is 5.06. The van der Waals surface area contributed by atoms with Crippen LogP contribution in [0.2, 0.25) is 10.0 Å². The summed E-state index contributed by atoms with van der Waals surface area (Å²) in [5.41, 5.74) is 1.20. The van der Waals surface area contributed by atoms with Gasteiger partial charge in [0.05, 0.1) is 21.1 Å². The lowest BCUT2D eigenvalue weighted by atomic mass is 10.3. The summed E-state index contributed by atoms with van der Waals surface area (Å²) in [4.78, 5) is 18.6. The number of hydrogen-bond acceptors (Lipinski definition) is 2. The molecule has 2 aromatic rings. The monoisotopic (exact) mass is 259 g/mol. The average molecular weight is 260 g/mol. The Morgan fingerprint density at radius 2 is 2.06 bits per heavy atom. The Kier molecular flexibility index (Phi) is 2.65. The zero-order chi connectivity index (χ0) is 11.9. The maximum absolute atomic E-state index is 10.7. The van der Waals surface area contributed by atoms with Crippen molar-refractivity contribution in [2.24, 2.45) is 0 Å². The number of carbonyl (C=O) groups is 1. The maximum Gasteiger partial charge on any atom is 0.413 e. The molecule has 0 bridgehead atoms. The highest BCUT2D eigenvalue weighted by atomic mass is 35.5. The lowest BCUT2D eigenvalue weighted by Crippen LogP contribution is -2.24. The zero-order valence-corrected chi connectivity index (χ0v) is 9.67. The van der Waals surface area contributed by atoms with Gasteiger partial charge in [0.25, 0.3) is 0 Å². The van der Waals surface area contributed by atoms with E-state index in [0.29, 0.717) is 21.1 Å². The number of imidazole rings is 1. The standard InChI is InChI=1S/C9H7Cl2N3O2/c1-14(9(15)16)8-12-6-2-4(10)5(11)3-7(6)13-8/h2-3H,1H3,(H,12,13)(H,15,16). The first kappa shape index (κ1) is 11.0. The van der Waals surface area contributed by atoms with Crippen LogP contribution in [0.15, 0.2) is 12.1 Å². The van der Waals surface area contributed by atoms with Gasteiger partial charge in [0.15, 0.2) is 0 Å². The third kappa shape index (κ3) is 1.79. The molecule has 0 saturated carbocycles. The van der Waals surface area contributed by atoms with Crippen LogP contribution in [-0.2, 0) is 0 Å². The molecule has 1 aromatic carbocycles. The van der Waals surface area contributed by atoms with E-state index in [0.717, 1.165) is 4.90 Å². The second-order valence-electron chi connectivity index (χ2n) is 3.19. The average Bonchev–Trinajstić information content (AvgIpc) is 2.60. The molecule has 0 radical (unpaired) electrons. The number of fused-ring (bicyclic) bond motifs is 1. The van der Waals surface area contributed by atoms with Gasteiger partial charge in [0.2, 0.25) is 5.95 Å². The normalized spacial score (nSPS) is 10.7.